The van der Waals surface area contributed by atoms with Gasteiger partial charge in [0.05, 0.1) is 12.0 Å². The van der Waals surface area contributed by atoms with Crippen LogP contribution in [0, 0.1) is 5.92 Å². The molecule has 1 aromatic heterocycles. The molecule has 0 saturated heterocycles. The minimum Gasteiger partial charge on any atom is -0.481 e. The van der Waals surface area contributed by atoms with Crippen LogP contribution >= 0.6 is 11.3 Å². The summed E-state index contributed by atoms with van der Waals surface area (Å²) in [5, 5.41) is 21.6. The molecule has 4 heteroatoms. The zero-order valence-corrected chi connectivity index (χ0v) is 7.41. The van der Waals surface area contributed by atoms with Crippen LogP contribution in [0.25, 0.3) is 0 Å². The van der Waals surface area contributed by atoms with Crippen molar-refractivity contribution in [3.05, 3.63) is 22.4 Å². The van der Waals surface area contributed by atoms with Gasteiger partial charge in [-0.3, -0.25) is 4.79 Å². The van der Waals surface area contributed by atoms with Crippen LogP contribution in [-0.4, -0.2) is 16.2 Å². The van der Waals surface area contributed by atoms with Crippen LogP contribution in [0.15, 0.2) is 16.8 Å². The highest BCUT2D eigenvalue weighted by Gasteiger charge is 2.22. The lowest BCUT2D eigenvalue weighted by atomic mass is 10.0. The Hall–Kier alpha value is -0.870. The van der Waals surface area contributed by atoms with Crippen molar-refractivity contribution >= 4 is 17.3 Å². The monoisotopic (exact) mass is 186 g/mol. The molecule has 12 heavy (non-hydrogen) atoms. The summed E-state index contributed by atoms with van der Waals surface area (Å²) in [4.78, 5) is 10.5. The molecule has 0 aliphatic heterocycles. The van der Waals surface area contributed by atoms with Gasteiger partial charge in [0.25, 0.3) is 0 Å². The Morgan fingerprint density at radius 1 is 1.67 bits per heavy atom. The van der Waals surface area contributed by atoms with Crippen molar-refractivity contribution < 1.29 is 15.0 Å². The van der Waals surface area contributed by atoms with E-state index in [1.807, 2.05) is 5.38 Å². The second kappa shape index (κ2) is 3.69. The summed E-state index contributed by atoms with van der Waals surface area (Å²) in [6.45, 7) is 1.49. The quantitative estimate of drug-likeness (QED) is 0.752. The first-order valence-electron chi connectivity index (χ1n) is 3.56. The third-order valence-corrected chi connectivity index (χ3v) is 2.45. The van der Waals surface area contributed by atoms with Crippen LogP contribution in [0.4, 0.5) is 0 Å². The van der Waals surface area contributed by atoms with Gasteiger partial charge in [-0.15, -0.1) is 0 Å². The largest absolute Gasteiger partial charge is 0.481 e. The number of hydrogen-bond acceptors (Lipinski definition) is 3. The predicted molar refractivity (Wildman–Crippen MR) is 46.1 cm³/mol. The summed E-state index contributed by atoms with van der Waals surface area (Å²) >= 11 is 1.44. The number of carboxylic acid groups (broad SMARTS) is 1. The molecule has 1 heterocycles. The van der Waals surface area contributed by atoms with E-state index in [9.17, 15) is 9.90 Å². The predicted octanol–water partition coefficient (Wildman–Crippen LogP) is 1.50. The lowest BCUT2D eigenvalue weighted by Crippen LogP contribution is -2.17. The standard InChI is InChI=1S/C8H10O3S/c1-5(8(10)11)7(9)6-2-3-12-4-6/h2-5,7,9H,1H3,(H,10,11). The highest BCUT2D eigenvalue weighted by Crippen LogP contribution is 2.23. The van der Waals surface area contributed by atoms with Crippen LogP contribution < -0.4 is 0 Å². The molecular formula is C8H10O3S. The minimum atomic E-state index is -0.978. The van der Waals surface area contributed by atoms with Gasteiger partial charge >= 0.3 is 5.97 Å². The van der Waals surface area contributed by atoms with Gasteiger partial charge < -0.3 is 10.2 Å². The topological polar surface area (TPSA) is 57.5 Å². The minimum absolute atomic E-state index is 0.676. The van der Waals surface area contributed by atoms with Crippen LogP contribution in [0.1, 0.15) is 18.6 Å². The van der Waals surface area contributed by atoms with Gasteiger partial charge in [-0.2, -0.15) is 11.3 Å². The maximum absolute atomic E-state index is 10.5. The Morgan fingerprint density at radius 2 is 2.33 bits per heavy atom. The molecule has 0 bridgehead atoms. The van der Waals surface area contributed by atoms with E-state index in [1.165, 1.54) is 18.3 Å². The average Bonchev–Trinajstić information content (AvgIpc) is 2.53. The Bertz CT molecular complexity index is 255. The van der Waals surface area contributed by atoms with Crippen LogP contribution in [0.3, 0.4) is 0 Å². The maximum Gasteiger partial charge on any atom is 0.309 e. The van der Waals surface area contributed by atoms with Gasteiger partial charge in [0.2, 0.25) is 0 Å². The lowest BCUT2D eigenvalue weighted by molar-refractivity contribution is -0.145. The Morgan fingerprint density at radius 3 is 2.75 bits per heavy atom. The summed E-state index contributed by atoms with van der Waals surface area (Å²) in [7, 11) is 0. The molecule has 0 aliphatic rings. The fourth-order valence-electron chi connectivity index (χ4n) is 0.867. The summed E-state index contributed by atoms with van der Waals surface area (Å²) in [6.07, 6.45) is -0.895. The molecule has 0 saturated carbocycles. The van der Waals surface area contributed by atoms with Crippen LogP contribution in [0.2, 0.25) is 0 Å². The van der Waals surface area contributed by atoms with Crippen LogP contribution in [-0.2, 0) is 4.79 Å². The number of rotatable bonds is 3. The summed E-state index contributed by atoms with van der Waals surface area (Å²) in [5.74, 6) is -1.73. The zero-order chi connectivity index (χ0) is 9.14. The molecule has 0 aliphatic carbocycles. The first kappa shape index (κ1) is 9.22. The smallest absolute Gasteiger partial charge is 0.309 e. The number of carbonyl (C=O) groups is 1. The number of carboxylic acids is 1. The van der Waals surface area contributed by atoms with E-state index in [-0.39, 0.29) is 0 Å². The normalized spacial score (nSPS) is 15.5. The molecule has 1 aromatic rings. The van der Waals surface area contributed by atoms with Crippen molar-refractivity contribution in [2.24, 2.45) is 5.92 Å². The van der Waals surface area contributed by atoms with E-state index in [4.69, 9.17) is 5.11 Å². The molecule has 0 aromatic carbocycles. The van der Waals surface area contributed by atoms with E-state index in [0.717, 1.165) is 0 Å². The third kappa shape index (κ3) is 1.84. The van der Waals surface area contributed by atoms with E-state index in [1.54, 1.807) is 11.4 Å². The van der Waals surface area contributed by atoms with E-state index in [0.29, 0.717) is 5.56 Å². The number of aliphatic carboxylic acids is 1. The third-order valence-electron chi connectivity index (χ3n) is 1.75. The zero-order valence-electron chi connectivity index (χ0n) is 6.60. The number of aliphatic hydroxyl groups is 1. The molecule has 3 nitrogen and oxygen atoms in total. The van der Waals surface area contributed by atoms with Crippen molar-refractivity contribution in [1.82, 2.24) is 0 Å². The molecule has 0 radical (unpaired) electrons. The highest BCUT2D eigenvalue weighted by molar-refractivity contribution is 7.07. The molecule has 2 atom stereocenters. The highest BCUT2D eigenvalue weighted by atomic mass is 32.1. The fourth-order valence-corrected chi connectivity index (χ4v) is 1.56. The first-order valence-corrected chi connectivity index (χ1v) is 4.50. The molecule has 1 rings (SSSR count). The number of aliphatic hydroxyl groups excluding tert-OH is 1. The van der Waals surface area contributed by atoms with Gasteiger partial charge in [-0.1, -0.05) is 0 Å². The van der Waals surface area contributed by atoms with Gasteiger partial charge in [-0.25, -0.2) is 0 Å². The Labute approximate surface area is 74.3 Å². The summed E-state index contributed by atoms with van der Waals surface area (Å²) < 4.78 is 0. The van der Waals surface area contributed by atoms with Crippen molar-refractivity contribution in [2.75, 3.05) is 0 Å². The fraction of sp³-hybridized carbons (Fsp3) is 0.375. The van der Waals surface area contributed by atoms with Crippen LogP contribution in [0.5, 0.6) is 0 Å². The second-order valence-electron chi connectivity index (χ2n) is 2.63. The number of hydrogen-bond donors (Lipinski definition) is 2. The molecule has 0 spiro atoms. The average molecular weight is 186 g/mol. The van der Waals surface area contributed by atoms with Crippen molar-refractivity contribution in [3.8, 4) is 0 Å². The maximum atomic E-state index is 10.5. The SMILES string of the molecule is CC(C(=O)O)C(O)c1ccsc1. The van der Waals surface area contributed by atoms with E-state index >= 15 is 0 Å². The molecule has 2 N–H and O–H groups in total. The van der Waals surface area contributed by atoms with Gasteiger partial charge in [0, 0.05) is 0 Å². The van der Waals surface area contributed by atoms with Crippen molar-refractivity contribution in [1.29, 1.82) is 0 Å². The molecule has 0 fully saturated rings. The van der Waals surface area contributed by atoms with Gasteiger partial charge in [0.1, 0.15) is 0 Å². The van der Waals surface area contributed by atoms with Crippen molar-refractivity contribution in [3.63, 3.8) is 0 Å². The van der Waals surface area contributed by atoms with Crippen molar-refractivity contribution in [2.45, 2.75) is 13.0 Å². The molecular weight excluding hydrogens is 176 g/mol. The number of thiophene rings is 1. The lowest BCUT2D eigenvalue weighted by Gasteiger charge is -2.12. The summed E-state index contributed by atoms with van der Waals surface area (Å²) in [6, 6.07) is 1.73. The second-order valence-corrected chi connectivity index (χ2v) is 3.41. The summed E-state index contributed by atoms with van der Waals surface area (Å²) in [5.41, 5.74) is 0.676. The molecule has 2 unspecified atom stereocenters. The molecule has 66 valence electrons. The van der Waals surface area contributed by atoms with Gasteiger partial charge in [0.15, 0.2) is 0 Å². The van der Waals surface area contributed by atoms with Gasteiger partial charge in [-0.05, 0) is 29.3 Å². The Kier molecular flexibility index (Phi) is 2.83. The first-order chi connectivity index (χ1) is 5.63. The molecule has 0 amide bonds. The Balaban J connectivity index is 2.71. The van der Waals surface area contributed by atoms with E-state index < -0.39 is 18.0 Å². The van der Waals surface area contributed by atoms with E-state index in [2.05, 4.69) is 0 Å².